The van der Waals surface area contributed by atoms with E-state index in [0.29, 0.717) is 19.3 Å². The number of phosphoric ester groups is 1. The van der Waals surface area contributed by atoms with E-state index in [1.807, 2.05) is 12.2 Å². The Morgan fingerprint density at radius 1 is 0.392 bits per heavy atom. The topological polar surface area (TPSA) is 155 Å². The summed E-state index contributed by atoms with van der Waals surface area (Å²) in [5.74, 6) is -1.57. The fourth-order valence-corrected chi connectivity index (χ4v) is 8.70. The van der Waals surface area contributed by atoms with Gasteiger partial charge in [0.1, 0.15) is 12.7 Å². The molecule has 426 valence electrons. The number of hydrogen-bond donors (Lipinski definition) is 2. The van der Waals surface area contributed by atoms with E-state index < -0.39 is 57.8 Å². The van der Waals surface area contributed by atoms with Gasteiger partial charge in [-0.25, -0.2) is 4.57 Å². The van der Waals surface area contributed by atoms with Gasteiger partial charge in [0.15, 0.2) is 6.10 Å². The quantitative estimate of drug-likeness (QED) is 0.0197. The molecule has 11 nitrogen and oxygen atoms in total. The molecule has 2 N–H and O–H groups in total. The summed E-state index contributed by atoms with van der Waals surface area (Å²) in [5.41, 5.74) is 0. The zero-order chi connectivity index (χ0) is 54.1. The molecule has 0 saturated carbocycles. The summed E-state index contributed by atoms with van der Waals surface area (Å²) in [5, 5.41) is 9.81. The highest BCUT2D eigenvalue weighted by atomic mass is 31.2. The maximum Gasteiger partial charge on any atom is 0.472 e. The highest BCUT2D eigenvalue weighted by molar-refractivity contribution is 7.47. The Balaban J connectivity index is 4.75. The number of phosphoric acid groups is 1. The Morgan fingerprint density at radius 2 is 0.730 bits per heavy atom. The minimum atomic E-state index is -4.77. The molecule has 0 aliphatic heterocycles. The molecule has 0 saturated heterocycles. The molecular weight excluding hydrogens is 952 g/mol. The molecule has 3 atom stereocenters. The molecule has 0 rings (SSSR count). The maximum atomic E-state index is 12.9. The molecule has 0 aromatic heterocycles. The third-order valence-electron chi connectivity index (χ3n) is 12.3. The molecule has 12 heteroatoms. The number of rotatable bonds is 54. The van der Waals surface area contributed by atoms with Gasteiger partial charge in [-0.1, -0.05) is 241 Å². The predicted molar refractivity (Wildman–Crippen MR) is 307 cm³/mol. The molecule has 0 aromatic carbocycles. The van der Waals surface area contributed by atoms with Crippen LogP contribution in [0.3, 0.4) is 0 Å². The minimum Gasteiger partial charge on any atom is -0.462 e. The van der Waals surface area contributed by atoms with Gasteiger partial charge < -0.3 is 24.2 Å². The van der Waals surface area contributed by atoms with Gasteiger partial charge in [0.05, 0.1) is 19.8 Å². The van der Waals surface area contributed by atoms with Crippen LogP contribution in [0.25, 0.3) is 0 Å². The number of ether oxygens (including phenoxy) is 3. The predicted octanol–water partition coefficient (Wildman–Crippen LogP) is 17.5. The van der Waals surface area contributed by atoms with E-state index in [2.05, 4.69) is 93.7 Å². The van der Waals surface area contributed by atoms with Gasteiger partial charge in [0.25, 0.3) is 0 Å². The number of aliphatic hydroxyl groups is 1. The van der Waals surface area contributed by atoms with Gasteiger partial charge in [0.2, 0.25) is 0 Å². The fourth-order valence-electron chi connectivity index (χ4n) is 7.91. The van der Waals surface area contributed by atoms with Crippen molar-refractivity contribution in [2.45, 2.75) is 264 Å². The van der Waals surface area contributed by atoms with Crippen molar-refractivity contribution < 1.29 is 52.2 Å². The van der Waals surface area contributed by atoms with Crippen LogP contribution in [0.2, 0.25) is 0 Å². The maximum absolute atomic E-state index is 12.9. The molecule has 0 fully saturated rings. The molecule has 0 aliphatic carbocycles. The van der Waals surface area contributed by atoms with Crippen molar-refractivity contribution in [3.8, 4) is 0 Å². The lowest BCUT2D eigenvalue weighted by atomic mass is 10.0. The summed E-state index contributed by atoms with van der Waals surface area (Å²) in [7, 11) is -4.77. The lowest BCUT2D eigenvalue weighted by Gasteiger charge is -2.21. The number of hydrogen-bond acceptors (Lipinski definition) is 10. The van der Waals surface area contributed by atoms with Crippen LogP contribution < -0.4 is 0 Å². The van der Waals surface area contributed by atoms with Gasteiger partial charge in [-0.2, -0.15) is 0 Å². The second kappa shape index (κ2) is 55.9. The highest BCUT2D eigenvalue weighted by Crippen LogP contribution is 2.43. The molecular formula is C62H107O11P. The van der Waals surface area contributed by atoms with Crippen molar-refractivity contribution in [3.05, 3.63) is 85.1 Å². The van der Waals surface area contributed by atoms with E-state index in [1.54, 1.807) is 0 Å². The molecule has 0 radical (unpaired) electrons. The number of carbonyl (C=O) groups is 3. The van der Waals surface area contributed by atoms with Crippen LogP contribution >= 0.6 is 7.82 Å². The zero-order valence-electron chi connectivity index (χ0n) is 47.0. The van der Waals surface area contributed by atoms with E-state index in [9.17, 15) is 28.9 Å². The van der Waals surface area contributed by atoms with Crippen LogP contribution in [0.1, 0.15) is 252 Å². The lowest BCUT2D eigenvalue weighted by Crippen LogP contribution is -2.30. The van der Waals surface area contributed by atoms with Crippen LogP contribution in [0.4, 0.5) is 0 Å². The van der Waals surface area contributed by atoms with Crippen molar-refractivity contribution >= 4 is 25.7 Å². The summed E-state index contributed by atoms with van der Waals surface area (Å²) < 4.78 is 39.4. The highest BCUT2D eigenvalue weighted by Gasteiger charge is 2.28. The Morgan fingerprint density at radius 3 is 1.14 bits per heavy atom. The average Bonchev–Trinajstić information content (AvgIpc) is 3.39. The van der Waals surface area contributed by atoms with Gasteiger partial charge in [-0.3, -0.25) is 23.4 Å². The Hall–Kier alpha value is -3.34. The second-order valence-electron chi connectivity index (χ2n) is 19.4. The van der Waals surface area contributed by atoms with Gasteiger partial charge in [-0.15, -0.1) is 0 Å². The number of esters is 3. The summed E-state index contributed by atoms with van der Waals surface area (Å²) in [6, 6.07) is 0. The van der Waals surface area contributed by atoms with E-state index >= 15 is 0 Å². The Kier molecular flexibility index (Phi) is 53.4. The first-order valence-electron chi connectivity index (χ1n) is 29.5. The van der Waals surface area contributed by atoms with Crippen LogP contribution in [0.5, 0.6) is 0 Å². The Labute approximate surface area is 451 Å². The number of carbonyl (C=O) groups excluding carboxylic acids is 3. The first-order valence-corrected chi connectivity index (χ1v) is 31.0. The van der Waals surface area contributed by atoms with Crippen molar-refractivity contribution in [1.29, 1.82) is 0 Å². The van der Waals surface area contributed by atoms with Crippen molar-refractivity contribution in [3.63, 3.8) is 0 Å². The molecule has 0 amide bonds. The first-order chi connectivity index (χ1) is 36.2. The molecule has 0 spiro atoms. The number of unbranched alkanes of at least 4 members (excludes halogenated alkanes) is 23. The first kappa shape index (κ1) is 70.7. The van der Waals surface area contributed by atoms with Crippen molar-refractivity contribution in [2.24, 2.45) is 0 Å². The summed E-state index contributed by atoms with van der Waals surface area (Å²) >= 11 is 0. The third kappa shape index (κ3) is 53.5. The van der Waals surface area contributed by atoms with Gasteiger partial charge >= 0.3 is 25.7 Å². The molecule has 0 aliphatic rings. The van der Waals surface area contributed by atoms with E-state index in [0.717, 1.165) is 96.3 Å². The Bertz CT molecular complexity index is 1560. The third-order valence-corrected chi connectivity index (χ3v) is 13.3. The zero-order valence-corrected chi connectivity index (χ0v) is 47.9. The van der Waals surface area contributed by atoms with Crippen LogP contribution in [-0.2, 0) is 42.2 Å². The number of allylic oxidation sites excluding steroid dienone is 14. The van der Waals surface area contributed by atoms with Crippen LogP contribution in [0.15, 0.2) is 85.1 Å². The normalized spacial score (nSPS) is 14.0. The summed E-state index contributed by atoms with van der Waals surface area (Å²) in [4.78, 5) is 48.5. The van der Waals surface area contributed by atoms with Crippen molar-refractivity contribution in [1.82, 2.24) is 0 Å². The largest absolute Gasteiger partial charge is 0.472 e. The molecule has 3 unspecified atom stereocenters. The second-order valence-corrected chi connectivity index (χ2v) is 20.9. The SMILES string of the molecule is CC/C=C\C/C=C\C/C=C\C/C=C\CCC(=O)OCC(COP(=O)(O)OCC(CO)OC(=O)CCCCCCC/C=C\C/C=C\C/C=C\CC)OC(=O)CCCCCCCCCCCCCCCCCCCCC. The molecule has 0 aromatic rings. The van der Waals surface area contributed by atoms with Gasteiger partial charge in [0, 0.05) is 19.3 Å². The fraction of sp³-hybridized carbons (Fsp3) is 0.726. The summed E-state index contributed by atoms with van der Waals surface area (Å²) in [6.45, 7) is 4.34. The minimum absolute atomic E-state index is 0.103. The van der Waals surface area contributed by atoms with E-state index in [4.69, 9.17) is 23.3 Å². The van der Waals surface area contributed by atoms with Crippen LogP contribution in [-0.4, -0.2) is 66.5 Å². The number of aliphatic hydroxyl groups excluding tert-OH is 1. The van der Waals surface area contributed by atoms with Crippen LogP contribution in [0, 0.1) is 0 Å². The molecule has 0 bridgehead atoms. The average molecular weight is 1060 g/mol. The smallest absolute Gasteiger partial charge is 0.462 e. The van der Waals surface area contributed by atoms with Crippen molar-refractivity contribution in [2.75, 3.05) is 26.4 Å². The molecule has 74 heavy (non-hydrogen) atoms. The summed E-state index contributed by atoms with van der Waals surface area (Å²) in [6.07, 6.45) is 64.2. The molecule has 0 heterocycles. The van der Waals surface area contributed by atoms with Gasteiger partial charge in [-0.05, 0) is 77.0 Å². The van der Waals surface area contributed by atoms with E-state index in [-0.39, 0.29) is 25.9 Å². The monoisotopic (exact) mass is 1060 g/mol. The van der Waals surface area contributed by atoms with E-state index in [1.165, 1.54) is 96.3 Å². The standard InChI is InChI=1S/C62H107O11P/c1-4-7-10-13-16-19-22-25-27-28-29-30-32-35-38-41-44-47-50-53-62(66)73-59(55-69-60(64)51-48-45-42-39-36-33-24-21-18-15-12-9-6-3)57-71-74(67,68)70-56-58(54-63)72-61(65)52-49-46-43-40-37-34-31-26-23-20-17-14-11-8-5-2/h8-9,11-12,17-18,20-21,26,31,33,36,42,45,58-59,63H,4-7,10,13-16,19,22-25,27-30,32,34-35,37-41,43-44,46-57H2,1-3H3,(H,67,68)/b11-8-,12-9-,20-17-,21-18-,31-26-,36-33-,45-42-. The lowest BCUT2D eigenvalue weighted by molar-refractivity contribution is -0.161.